The van der Waals surface area contributed by atoms with Gasteiger partial charge in [0.2, 0.25) is 0 Å². The first kappa shape index (κ1) is 11.7. The van der Waals surface area contributed by atoms with Crippen LogP contribution in [0.2, 0.25) is 0 Å². The van der Waals surface area contributed by atoms with Crippen LogP contribution in [0.5, 0.6) is 0 Å². The molecule has 1 aromatic rings. The maximum Gasteiger partial charge on any atom is 0.0181 e. The van der Waals surface area contributed by atoms with Crippen molar-refractivity contribution in [2.75, 3.05) is 6.26 Å². The van der Waals surface area contributed by atoms with Gasteiger partial charge in [-0.1, -0.05) is 29.5 Å². The van der Waals surface area contributed by atoms with Crippen LogP contribution in [-0.4, -0.2) is 6.26 Å². The van der Waals surface area contributed by atoms with E-state index in [0.29, 0.717) is 0 Å². The zero-order chi connectivity index (χ0) is 10.4. The lowest BCUT2D eigenvalue weighted by molar-refractivity contribution is 1.35. The molecule has 2 heteroatoms. The van der Waals surface area contributed by atoms with E-state index in [1.807, 2.05) is 11.8 Å². The summed E-state index contributed by atoms with van der Waals surface area (Å²) < 4.78 is 0. The maximum atomic E-state index is 2.21. The molecular weight excluding hydrogens is 208 g/mol. The van der Waals surface area contributed by atoms with Crippen molar-refractivity contribution >= 4 is 23.5 Å². The molecule has 0 N–H and O–H groups in total. The average Bonchev–Trinajstić information content (AvgIpc) is 2.17. The summed E-state index contributed by atoms with van der Waals surface area (Å²) in [6.07, 6.45) is 2.13. The number of hydrogen-bond acceptors (Lipinski definition) is 2. The summed E-state index contributed by atoms with van der Waals surface area (Å²) in [6.45, 7) is 4.24. The molecule has 0 bridgehead atoms. The Labute approximate surface area is 95.2 Å². The topological polar surface area (TPSA) is 0 Å². The Kier molecular flexibility index (Phi) is 5.20. The maximum absolute atomic E-state index is 2.21. The third-order valence-corrected chi connectivity index (χ3v) is 3.42. The lowest BCUT2D eigenvalue weighted by Gasteiger charge is -2.00. The molecule has 0 nitrogen and oxygen atoms in total. The number of rotatable bonds is 4. The first-order chi connectivity index (χ1) is 6.72. The minimum Gasteiger partial charge on any atom is -0.161 e. The molecule has 0 saturated carbocycles. The van der Waals surface area contributed by atoms with Gasteiger partial charge in [-0.15, -0.1) is 0 Å². The van der Waals surface area contributed by atoms with Gasteiger partial charge in [0.25, 0.3) is 0 Å². The highest BCUT2D eigenvalue weighted by Crippen LogP contribution is 2.21. The zero-order valence-electron chi connectivity index (χ0n) is 8.91. The summed E-state index contributed by atoms with van der Waals surface area (Å²) in [5, 5.41) is 2.18. The number of thioether (sulfide) groups is 2. The van der Waals surface area contributed by atoms with Gasteiger partial charge in [-0.05, 0) is 43.2 Å². The van der Waals surface area contributed by atoms with Gasteiger partial charge in [-0.3, -0.25) is 0 Å². The average molecular weight is 224 g/mol. The fourth-order valence-corrected chi connectivity index (χ4v) is 2.21. The van der Waals surface area contributed by atoms with Gasteiger partial charge in [0.15, 0.2) is 0 Å². The van der Waals surface area contributed by atoms with Gasteiger partial charge in [-0.2, -0.15) is 11.8 Å². The molecule has 14 heavy (non-hydrogen) atoms. The summed E-state index contributed by atoms with van der Waals surface area (Å²) in [6, 6.07) is 8.79. The quantitative estimate of drug-likeness (QED) is 0.687. The minimum atomic E-state index is 1.10. The molecule has 1 aromatic carbocycles. The van der Waals surface area contributed by atoms with Crippen LogP contribution in [0.15, 0.2) is 40.1 Å². The molecule has 0 spiro atoms. The van der Waals surface area contributed by atoms with Crippen molar-refractivity contribution in [1.29, 1.82) is 0 Å². The Balaban J connectivity index is 2.59. The Bertz CT molecular complexity index is 295. The van der Waals surface area contributed by atoms with E-state index in [2.05, 4.69) is 49.8 Å². The standard InChI is InChI=1S/C12H16S2/c1-10(2)8-14-12-6-4-11(5-7-12)9-13-3/h4-8H,9H2,1-3H3. The van der Waals surface area contributed by atoms with Crippen molar-refractivity contribution in [2.45, 2.75) is 24.5 Å². The van der Waals surface area contributed by atoms with Crippen LogP contribution in [0.1, 0.15) is 19.4 Å². The normalized spacial score (nSPS) is 9.93. The van der Waals surface area contributed by atoms with Crippen LogP contribution in [-0.2, 0) is 5.75 Å². The van der Waals surface area contributed by atoms with Gasteiger partial charge in [-0.25, -0.2) is 0 Å². The van der Waals surface area contributed by atoms with E-state index >= 15 is 0 Å². The second-order valence-corrected chi connectivity index (χ2v) is 5.20. The molecule has 0 aliphatic rings. The smallest absolute Gasteiger partial charge is 0.0181 e. The summed E-state index contributed by atoms with van der Waals surface area (Å²) in [5.41, 5.74) is 2.75. The predicted octanol–water partition coefficient (Wildman–Crippen LogP) is 4.57. The summed E-state index contributed by atoms with van der Waals surface area (Å²) in [5.74, 6) is 1.10. The van der Waals surface area contributed by atoms with Crippen molar-refractivity contribution < 1.29 is 0 Å². The van der Waals surface area contributed by atoms with E-state index in [1.54, 1.807) is 11.8 Å². The number of allylic oxidation sites excluding steroid dienone is 1. The van der Waals surface area contributed by atoms with Crippen LogP contribution in [0.4, 0.5) is 0 Å². The van der Waals surface area contributed by atoms with Crippen LogP contribution < -0.4 is 0 Å². The van der Waals surface area contributed by atoms with Gasteiger partial charge < -0.3 is 0 Å². The van der Waals surface area contributed by atoms with Crippen molar-refractivity contribution in [2.24, 2.45) is 0 Å². The van der Waals surface area contributed by atoms with E-state index in [-0.39, 0.29) is 0 Å². The molecule has 1 rings (SSSR count). The molecule has 0 atom stereocenters. The fourth-order valence-electron chi connectivity index (χ4n) is 1.02. The van der Waals surface area contributed by atoms with Gasteiger partial charge in [0.05, 0.1) is 0 Å². The van der Waals surface area contributed by atoms with Crippen LogP contribution in [0.25, 0.3) is 0 Å². The highest BCUT2D eigenvalue weighted by molar-refractivity contribution is 8.02. The van der Waals surface area contributed by atoms with E-state index in [4.69, 9.17) is 0 Å². The number of benzene rings is 1. The largest absolute Gasteiger partial charge is 0.161 e. The monoisotopic (exact) mass is 224 g/mol. The zero-order valence-corrected chi connectivity index (χ0v) is 10.5. The fraction of sp³-hybridized carbons (Fsp3) is 0.333. The molecular formula is C12H16S2. The molecule has 0 unspecified atom stereocenters. The van der Waals surface area contributed by atoms with Crippen LogP contribution in [0.3, 0.4) is 0 Å². The Morgan fingerprint density at radius 2 is 1.86 bits per heavy atom. The SMILES string of the molecule is CSCc1ccc(SC=C(C)C)cc1. The van der Waals surface area contributed by atoms with E-state index in [1.165, 1.54) is 16.0 Å². The molecule has 0 radical (unpaired) electrons. The van der Waals surface area contributed by atoms with E-state index in [9.17, 15) is 0 Å². The number of hydrogen-bond donors (Lipinski definition) is 0. The molecule has 76 valence electrons. The first-order valence-electron chi connectivity index (χ1n) is 4.60. The van der Waals surface area contributed by atoms with Gasteiger partial charge in [0, 0.05) is 10.6 Å². The minimum absolute atomic E-state index is 1.10. The van der Waals surface area contributed by atoms with Crippen molar-refractivity contribution in [3.63, 3.8) is 0 Å². The molecule has 0 aromatic heterocycles. The first-order valence-corrected chi connectivity index (χ1v) is 6.87. The molecule has 0 saturated heterocycles. The highest BCUT2D eigenvalue weighted by atomic mass is 32.2. The third-order valence-electron chi connectivity index (χ3n) is 1.67. The van der Waals surface area contributed by atoms with E-state index in [0.717, 1.165) is 5.75 Å². The molecule has 0 aliphatic heterocycles. The Morgan fingerprint density at radius 1 is 1.21 bits per heavy atom. The van der Waals surface area contributed by atoms with Crippen molar-refractivity contribution in [3.05, 3.63) is 40.8 Å². The third kappa shape index (κ3) is 4.25. The van der Waals surface area contributed by atoms with Crippen LogP contribution >= 0.6 is 23.5 Å². The van der Waals surface area contributed by atoms with E-state index < -0.39 is 0 Å². The van der Waals surface area contributed by atoms with Gasteiger partial charge >= 0.3 is 0 Å². The molecule has 0 amide bonds. The lowest BCUT2D eigenvalue weighted by atomic mass is 10.2. The Morgan fingerprint density at radius 3 is 2.36 bits per heavy atom. The molecule has 0 aliphatic carbocycles. The highest BCUT2D eigenvalue weighted by Gasteiger charge is 1.93. The van der Waals surface area contributed by atoms with Crippen LogP contribution in [0, 0.1) is 0 Å². The second-order valence-electron chi connectivity index (χ2n) is 3.39. The summed E-state index contributed by atoms with van der Waals surface area (Å²) in [4.78, 5) is 1.32. The Hall–Kier alpha value is -0.340. The molecule has 0 heterocycles. The van der Waals surface area contributed by atoms with Crippen molar-refractivity contribution in [1.82, 2.24) is 0 Å². The van der Waals surface area contributed by atoms with Crippen molar-refractivity contribution in [3.8, 4) is 0 Å². The second kappa shape index (κ2) is 6.20. The predicted molar refractivity (Wildman–Crippen MR) is 68.9 cm³/mol. The van der Waals surface area contributed by atoms with Gasteiger partial charge in [0.1, 0.15) is 0 Å². The lowest BCUT2D eigenvalue weighted by Crippen LogP contribution is -1.78. The summed E-state index contributed by atoms with van der Waals surface area (Å²) >= 11 is 3.65. The summed E-state index contributed by atoms with van der Waals surface area (Å²) in [7, 11) is 0. The molecule has 0 fully saturated rings.